The van der Waals surface area contributed by atoms with Crippen LogP contribution < -0.4 is 0 Å². The predicted octanol–water partition coefficient (Wildman–Crippen LogP) is 2.20. The Labute approximate surface area is 129 Å². The van der Waals surface area contributed by atoms with Crippen molar-refractivity contribution in [2.24, 2.45) is 11.3 Å². The summed E-state index contributed by atoms with van der Waals surface area (Å²) in [6.07, 6.45) is 3.85. The van der Waals surface area contributed by atoms with Crippen molar-refractivity contribution in [2.75, 3.05) is 14.2 Å². The minimum atomic E-state index is -1.63. The summed E-state index contributed by atoms with van der Waals surface area (Å²) in [5.41, 5.74) is -0.850. The molecule has 0 aromatic heterocycles. The topological polar surface area (TPSA) is 76.4 Å². The molecule has 1 aromatic rings. The Bertz CT molecular complexity index is 632. The second-order valence-corrected chi connectivity index (χ2v) is 5.10. The molecule has 22 heavy (non-hydrogen) atoms. The van der Waals surface area contributed by atoms with Gasteiger partial charge in [-0.25, -0.2) is 0 Å². The van der Waals surface area contributed by atoms with Gasteiger partial charge >= 0.3 is 11.9 Å². The lowest BCUT2D eigenvalue weighted by atomic mass is 9.61. The second kappa shape index (κ2) is 6.44. The summed E-state index contributed by atoms with van der Waals surface area (Å²) in [6.45, 7) is 0. The molecule has 1 aromatic carbocycles. The third kappa shape index (κ3) is 2.37. The van der Waals surface area contributed by atoms with Crippen LogP contribution in [0.1, 0.15) is 17.9 Å². The van der Waals surface area contributed by atoms with Crippen molar-refractivity contribution in [3.05, 3.63) is 48.0 Å². The molecule has 0 radical (unpaired) electrons. The zero-order valence-corrected chi connectivity index (χ0v) is 12.5. The lowest BCUT2D eigenvalue weighted by Gasteiger charge is -2.38. The lowest BCUT2D eigenvalue weighted by molar-refractivity contribution is -0.163. The molecule has 1 unspecified atom stereocenters. The number of ether oxygens (including phenoxy) is 2. The maximum atomic E-state index is 12.4. The van der Waals surface area contributed by atoms with Gasteiger partial charge in [0, 0.05) is 5.92 Å². The van der Waals surface area contributed by atoms with Gasteiger partial charge in [0.05, 0.1) is 26.2 Å². The number of hydrogen-bond acceptors (Lipinski definition) is 5. The molecule has 0 fully saturated rings. The minimum absolute atomic E-state index is 0.263. The molecular formula is C17H17NO4. The van der Waals surface area contributed by atoms with Crippen LogP contribution in [0, 0.1) is 22.7 Å². The van der Waals surface area contributed by atoms with Crippen LogP contribution in [0.15, 0.2) is 42.5 Å². The van der Waals surface area contributed by atoms with Crippen LogP contribution in [0.5, 0.6) is 0 Å². The first-order valence-electron chi connectivity index (χ1n) is 6.91. The van der Waals surface area contributed by atoms with Crippen LogP contribution in [0.3, 0.4) is 0 Å². The zero-order chi connectivity index (χ0) is 16.2. The molecule has 5 nitrogen and oxygen atoms in total. The fourth-order valence-corrected chi connectivity index (χ4v) is 3.00. The first-order valence-corrected chi connectivity index (χ1v) is 6.91. The molecule has 0 N–H and O–H groups in total. The van der Waals surface area contributed by atoms with Crippen molar-refractivity contribution in [1.82, 2.24) is 0 Å². The number of benzene rings is 1. The van der Waals surface area contributed by atoms with E-state index in [2.05, 4.69) is 6.07 Å². The van der Waals surface area contributed by atoms with E-state index in [9.17, 15) is 14.9 Å². The first-order chi connectivity index (χ1) is 10.6. The van der Waals surface area contributed by atoms with Crippen LogP contribution in [-0.2, 0) is 19.1 Å². The normalized spacial score (nSPS) is 26.8. The van der Waals surface area contributed by atoms with E-state index >= 15 is 0 Å². The van der Waals surface area contributed by atoms with Crippen LogP contribution >= 0.6 is 0 Å². The molecule has 1 aliphatic carbocycles. The number of carbonyl (C=O) groups excluding carboxylic acids is 2. The van der Waals surface area contributed by atoms with E-state index in [4.69, 9.17) is 9.47 Å². The molecular weight excluding hydrogens is 282 g/mol. The molecule has 0 aliphatic heterocycles. The smallest absolute Gasteiger partial charge is 0.328 e. The summed E-state index contributed by atoms with van der Waals surface area (Å²) < 4.78 is 9.65. The van der Waals surface area contributed by atoms with E-state index in [1.807, 2.05) is 30.3 Å². The number of carbonyl (C=O) groups is 2. The number of nitriles is 1. The summed E-state index contributed by atoms with van der Waals surface area (Å²) >= 11 is 0. The molecule has 0 bridgehead atoms. The van der Waals surface area contributed by atoms with Crippen molar-refractivity contribution in [3.63, 3.8) is 0 Å². The highest BCUT2D eigenvalue weighted by Gasteiger charge is 2.57. The number of nitrogens with zero attached hydrogens (tertiary/aromatic N) is 1. The van der Waals surface area contributed by atoms with Gasteiger partial charge in [-0.05, 0) is 12.0 Å². The molecule has 0 amide bonds. The van der Waals surface area contributed by atoms with E-state index in [0.29, 0.717) is 0 Å². The van der Waals surface area contributed by atoms with E-state index in [1.165, 1.54) is 14.2 Å². The fraction of sp³-hybridized carbons (Fsp3) is 0.353. The van der Waals surface area contributed by atoms with Crippen molar-refractivity contribution in [1.29, 1.82) is 5.26 Å². The SMILES string of the molecule is COC(=O)[C@@H]1CC=C[C@@H](c2ccccc2)C1(C#N)C(=O)OC. The molecule has 2 rings (SSSR count). The highest BCUT2D eigenvalue weighted by Crippen LogP contribution is 2.48. The van der Waals surface area contributed by atoms with Crippen LogP contribution in [-0.4, -0.2) is 26.2 Å². The fourth-order valence-electron chi connectivity index (χ4n) is 3.00. The Morgan fingerprint density at radius 1 is 1.23 bits per heavy atom. The van der Waals surface area contributed by atoms with E-state index < -0.39 is 29.2 Å². The average molecular weight is 299 g/mol. The Morgan fingerprint density at radius 3 is 2.45 bits per heavy atom. The summed E-state index contributed by atoms with van der Waals surface area (Å²) in [7, 11) is 2.47. The largest absolute Gasteiger partial charge is 0.469 e. The zero-order valence-electron chi connectivity index (χ0n) is 12.5. The number of rotatable bonds is 3. The quantitative estimate of drug-likeness (QED) is 0.631. The molecule has 5 heteroatoms. The molecule has 0 spiro atoms. The molecule has 0 saturated carbocycles. The van der Waals surface area contributed by atoms with Gasteiger partial charge in [-0.2, -0.15) is 5.26 Å². The van der Waals surface area contributed by atoms with Crippen molar-refractivity contribution >= 4 is 11.9 Å². The molecule has 0 heterocycles. The third-order valence-electron chi connectivity index (χ3n) is 4.09. The third-order valence-corrected chi connectivity index (χ3v) is 4.09. The number of esters is 2. The summed E-state index contributed by atoms with van der Waals surface area (Å²) in [6, 6.07) is 11.2. The number of methoxy groups -OCH3 is 2. The van der Waals surface area contributed by atoms with E-state index in [1.54, 1.807) is 12.2 Å². The van der Waals surface area contributed by atoms with Crippen LogP contribution in [0.2, 0.25) is 0 Å². The van der Waals surface area contributed by atoms with Crippen molar-refractivity contribution < 1.29 is 19.1 Å². The summed E-state index contributed by atoms with van der Waals surface area (Å²) in [5.74, 6) is -2.77. The van der Waals surface area contributed by atoms with Crippen molar-refractivity contribution in [2.45, 2.75) is 12.3 Å². The van der Waals surface area contributed by atoms with Gasteiger partial charge in [-0.3, -0.25) is 9.59 Å². The predicted molar refractivity (Wildman–Crippen MR) is 78.5 cm³/mol. The van der Waals surface area contributed by atoms with Gasteiger partial charge in [-0.1, -0.05) is 42.5 Å². The number of allylic oxidation sites excluding steroid dienone is 2. The Hall–Kier alpha value is -2.61. The Kier molecular flexibility index (Phi) is 4.62. The number of hydrogen-bond donors (Lipinski definition) is 0. The lowest BCUT2D eigenvalue weighted by Crippen LogP contribution is -2.48. The molecule has 0 saturated heterocycles. The van der Waals surface area contributed by atoms with Crippen LogP contribution in [0.25, 0.3) is 0 Å². The molecule has 1 aliphatic rings. The van der Waals surface area contributed by atoms with Crippen LogP contribution in [0.4, 0.5) is 0 Å². The summed E-state index contributed by atoms with van der Waals surface area (Å²) in [5, 5.41) is 9.80. The Balaban J connectivity index is 2.63. The summed E-state index contributed by atoms with van der Waals surface area (Å²) in [4.78, 5) is 24.6. The van der Waals surface area contributed by atoms with Gasteiger partial charge in [-0.15, -0.1) is 0 Å². The highest BCUT2D eigenvalue weighted by atomic mass is 16.5. The van der Waals surface area contributed by atoms with Gasteiger partial charge < -0.3 is 9.47 Å². The first kappa shape index (κ1) is 15.8. The molecule has 114 valence electrons. The Morgan fingerprint density at radius 2 is 1.91 bits per heavy atom. The second-order valence-electron chi connectivity index (χ2n) is 5.10. The van der Waals surface area contributed by atoms with Gasteiger partial charge in [0.15, 0.2) is 5.41 Å². The molecule has 3 atom stereocenters. The minimum Gasteiger partial charge on any atom is -0.469 e. The average Bonchev–Trinajstić information content (AvgIpc) is 2.60. The van der Waals surface area contributed by atoms with Gasteiger partial charge in [0.1, 0.15) is 0 Å². The standard InChI is InChI=1S/C17H17NO4/c1-21-15(19)14-10-6-9-13(12-7-4-3-5-8-12)17(14,11-18)16(20)22-2/h3-9,13-14H,10H2,1-2H3/t13-,14-,17?/m0/s1. The van der Waals surface area contributed by atoms with E-state index in [0.717, 1.165) is 5.56 Å². The monoisotopic (exact) mass is 299 g/mol. The maximum absolute atomic E-state index is 12.4. The van der Waals surface area contributed by atoms with Crippen molar-refractivity contribution in [3.8, 4) is 6.07 Å². The van der Waals surface area contributed by atoms with Gasteiger partial charge in [0.25, 0.3) is 0 Å². The van der Waals surface area contributed by atoms with Gasteiger partial charge in [0.2, 0.25) is 0 Å². The highest BCUT2D eigenvalue weighted by molar-refractivity contribution is 5.90. The maximum Gasteiger partial charge on any atom is 0.328 e. The van der Waals surface area contributed by atoms with E-state index in [-0.39, 0.29) is 6.42 Å².